The van der Waals surface area contributed by atoms with Gasteiger partial charge in [-0.25, -0.2) is 0 Å². The molecule has 1 nitrogen and oxygen atoms in total. The van der Waals surface area contributed by atoms with Crippen molar-refractivity contribution < 1.29 is 0 Å². The Hall–Kier alpha value is -0.500. The minimum Gasteiger partial charge on any atom is -0.266 e. The molecule has 0 N–H and O–H groups in total. The first-order chi connectivity index (χ1) is 4.16. The minimum absolute atomic E-state index is 0.734. The number of hydrogen-bond acceptors (Lipinski definition) is 2. The molecule has 0 aliphatic heterocycles. The van der Waals surface area contributed by atoms with Gasteiger partial charge in [-0.2, -0.15) is 0 Å². The Kier molecular flexibility index (Phi) is 4.14. The molecular formula is C7H11NS. The molecular weight excluding hydrogens is 130 g/mol. The van der Waals surface area contributed by atoms with Gasteiger partial charge in [0.15, 0.2) is 0 Å². The van der Waals surface area contributed by atoms with Gasteiger partial charge in [0.25, 0.3) is 0 Å². The molecule has 0 bridgehead atoms. The van der Waals surface area contributed by atoms with Crippen LogP contribution in [0.5, 0.6) is 0 Å². The summed E-state index contributed by atoms with van der Waals surface area (Å²) in [4.78, 5) is 4.73. The average Bonchev–Trinajstić information content (AvgIpc) is 1.63. The summed E-state index contributed by atoms with van der Waals surface area (Å²) >= 11 is 3.99. The van der Waals surface area contributed by atoms with Gasteiger partial charge in [0.1, 0.15) is 0 Å². The molecule has 0 amide bonds. The number of hydrogen-bond donors (Lipinski definition) is 1. The van der Waals surface area contributed by atoms with E-state index in [0.717, 1.165) is 10.6 Å². The molecule has 0 spiro atoms. The second-order valence-electron chi connectivity index (χ2n) is 1.66. The Bertz CT molecular complexity index is 156. The van der Waals surface area contributed by atoms with E-state index in [0.29, 0.717) is 0 Å². The van der Waals surface area contributed by atoms with Gasteiger partial charge in [-0.1, -0.05) is 6.58 Å². The third-order valence-electron chi connectivity index (χ3n) is 0.708. The highest BCUT2D eigenvalue weighted by molar-refractivity contribution is 7.84. The molecule has 0 aliphatic carbocycles. The fourth-order valence-electron chi connectivity index (χ4n) is 0.482. The smallest absolute Gasteiger partial charge is 0.0379 e. The van der Waals surface area contributed by atoms with E-state index in [1.54, 1.807) is 6.21 Å². The number of thiol groups is 1. The van der Waals surface area contributed by atoms with Crippen LogP contribution in [0.2, 0.25) is 0 Å². The largest absolute Gasteiger partial charge is 0.266 e. The first kappa shape index (κ1) is 8.50. The van der Waals surface area contributed by atoms with Crippen molar-refractivity contribution in [2.45, 2.75) is 13.8 Å². The molecule has 0 atom stereocenters. The minimum atomic E-state index is 0.734. The summed E-state index contributed by atoms with van der Waals surface area (Å²) < 4.78 is 0. The molecule has 0 aromatic carbocycles. The summed E-state index contributed by atoms with van der Waals surface area (Å²) in [6, 6.07) is 0. The summed E-state index contributed by atoms with van der Waals surface area (Å²) in [6.45, 7) is 7.37. The van der Waals surface area contributed by atoms with E-state index >= 15 is 0 Å². The van der Waals surface area contributed by atoms with Gasteiger partial charge in [0, 0.05) is 11.9 Å². The van der Waals surface area contributed by atoms with E-state index in [-0.39, 0.29) is 0 Å². The van der Waals surface area contributed by atoms with E-state index < -0.39 is 0 Å². The number of aliphatic imine (C=N–C) groups is 1. The van der Waals surface area contributed by atoms with Gasteiger partial charge in [-0.15, -0.1) is 12.6 Å². The second kappa shape index (κ2) is 4.39. The molecule has 0 radical (unpaired) electrons. The van der Waals surface area contributed by atoms with Crippen molar-refractivity contribution in [2.24, 2.45) is 4.99 Å². The maximum absolute atomic E-state index is 3.99. The SMILES string of the molecule is C=C(S)/C=C(/C)N=CC. The molecule has 50 valence electrons. The van der Waals surface area contributed by atoms with Crippen LogP contribution < -0.4 is 0 Å². The Balaban J connectivity index is 4.00. The van der Waals surface area contributed by atoms with Crippen molar-refractivity contribution >= 4 is 18.8 Å². The quantitative estimate of drug-likeness (QED) is 0.344. The maximum atomic E-state index is 3.99. The number of rotatable bonds is 2. The molecule has 0 saturated carbocycles. The first-order valence-electron chi connectivity index (χ1n) is 2.71. The molecule has 2 heteroatoms. The van der Waals surface area contributed by atoms with Crippen LogP contribution in [0.3, 0.4) is 0 Å². The van der Waals surface area contributed by atoms with Crippen LogP contribution in [-0.2, 0) is 0 Å². The standard InChI is InChI=1S/C7H11NS/c1-4-8-6(2)5-7(3)9/h4-5,9H,3H2,1-2H3/b6-5-,8-4?. The summed E-state index contributed by atoms with van der Waals surface area (Å²) in [5.74, 6) is 0. The maximum Gasteiger partial charge on any atom is 0.0379 e. The third kappa shape index (κ3) is 5.37. The second-order valence-corrected chi connectivity index (χ2v) is 2.24. The highest BCUT2D eigenvalue weighted by Crippen LogP contribution is 2.03. The Morgan fingerprint density at radius 3 is 2.56 bits per heavy atom. The predicted molar refractivity (Wildman–Crippen MR) is 46.0 cm³/mol. The summed E-state index contributed by atoms with van der Waals surface area (Å²) in [6.07, 6.45) is 3.55. The van der Waals surface area contributed by atoms with E-state index in [4.69, 9.17) is 0 Å². The molecule has 0 unspecified atom stereocenters. The molecule has 0 rings (SSSR count). The van der Waals surface area contributed by atoms with Crippen LogP contribution in [0, 0.1) is 0 Å². The van der Waals surface area contributed by atoms with E-state index in [1.807, 2.05) is 19.9 Å². The van der Waals surface area contributed by atoms with Crippen LogP contribution in [0.15, 0.2) is 28.2 Å². The monoisotopic (exact) mass is 141 g/mol. The zero-order valence-corrected chi connectivity index (χ0v) is 6.65. The molecule has 0 aromatic heterocycles. The van der Waals surface area contributed by atoms with Gasteiger partial charge in [0.05, 0.1) is 0 Å². The van der Waals surface area contributed by atoms with Crippen LogP contribution in [0.25, 0.3) is 0 Å². The van der Waals surface area contributed by atoms with Gasteiger partial charge < -0.3 is 0 Å². The lowest BCUT2D eigenvalue weighted by molar-refractivity contribution is 1.31. The Morgan fingerprint density at radius 1 is 1.67 bits per heavy atom. The molecule has 0 saturated heterocycles. The zero-order valence-electron chi connectivity index (χ0n) is 5.76. The van der Waals surface area contributed by atoms with Crippen LogP contribution >= 0.6 is 12.6 Å². The summed E-state index contributed by atoms with van der Waals surface area (Å²) in [5, 5.41) is 0. The van der Waals surface area contributed by atoms with Crippen molar-refractivity contribution in [3.63, 3.8) is 0 Å². The molecule has 0 aliphatic rings. The summed E-state index contributed by atoms with van der Waals surface area (Å²) in [7, 11) is 0. The molecule has 0 heterocycles. The predicted octanol–water partition coefficient (Wildman–Crippen LogP) is 2.42. The Labute approximate surface area is 61.6 Å². The molecule has 0 fully saturated rings. The first-order valence-corrected chi connectivity index (χ1v) is 3.16. The van der Waals surface area contributed by atoms with Gasteiger partial charge in [-0.3, -0.25) is 4.99 Å². The lowest BCUT2D eigenvalue weighted by Gasteiger charge is -1.88. The zero-order chi connectivity index (χ0) is 7.28. The highest BCUT2D eigenvalue weighted by atomic mass is 32.1. The van der Waals surface area contributed by atoms with Crippen LogP contribution in [0.4, 0.5) is 0 Å². The lowest BCUT2D eigenvalue weighted by Crippen LogP contribution is -1.68. The Morgan fingerprint density at radius 2 is 2.22 bits per heavy atom. The lowest BCUT2D eigenvalue weighted by atomic mass is 10.4. The number of nitrogens with zero attached hydrogens (tertiary/aromatic N) is 1. The van der Waals surface area contributed by atoms with Crippen molar-refractivity contribution in [3.05, 3.63) is 23.3 Å². The molecule has 0 aromatic rings. The van der Waals surface area contributed by atoms with Crippen LogP contribution in [-0.4, -0.2) is 6.21 Å². The topological polar surface area (TPSA) is 12.4 Å². The average molecular weight is 141 g/mol. The van der Waals surface area contributed by atoms with E-state index in [9.17, 15) is 0 Å². The normalized spacial score (nSPS) is 12.6. The van der Waals surface area contributed by atoms with Crippen molar-refractivity contribution in [1.82, 2.24) is 0 Å². The van der Waals surface area contributed by atoms with Crippen molar-refractivity contribution in [2.75, 3.05) is 0 Å². The molecule has 9 heavy (non-hydrogen) atoms. The van der Waals surface area contributed by atoms with E-state index in [1.165, 1.54) is 0 Å². The van der Waals surface area contributed by atoms with Gasteiger partial charge >= 0.3 is 0 Å². The highest BCUT2D eigenvalue weighted by Gasteiger charge is 1.80. The van der Waals surface area contributed by atoms with Gasteiger partial charge in [0.2, 0.25) is 0 Å². The van der Waals surface area contributed by atoms with Crippen LogP contribution in [0.1, 0.15) is 13.8 Å². The van der Waals surface area contributed by atoms with Crippen molar-refractivity contribution in [3.8, 4) is 0 Å². The fourth-order valence-corrected chi connectivity index (χ4v) is 0.669. The fraction of sp³-hybridized carbons (Fsp3) is 0.286. The van der Waals surface area contributed by atoms with Crippen molar-refractivity contribution in [1.29, 1.82) is 0 Å². The third-order valence-corrected chi connectivity index (χ3v) is 0.837. The number of allylic oxidation sites excluding steroid dienone is 2. The summed E-state index contributed by atoms with van der Waals surface area (Å²) in [5.41, 5.74) is 0.928. The van der Waals surface area contributed by atoms with E-state index in [2.05, 4.69) is 24.2 Å². The van der Waals surface area contributed by atoms with Gasteiger partial charge in [-0.05, 0) is 24.8 Å².